The molecule has 2 heterocycles. The summed E-state index contributed by atoms with van der Waals surface area (Å²) < 4.78 is 5.55. The Balaban J connectivity index is 1.97. The summed E-state index contributed by atoms with van der Waals surface area (Å²) in [6.07, 6.45) is -0.635. The van der Waals surface area contributed by atoms with E-state index < -0.39 is 6.10 Å². The van der Waals surface area contributed by atoms with Crippen LogP contribution in [0.25, 0.3) is 33.4 Å². The van der Waals surface area contributed by atoms with Crippen molar-refractivity contribution in [2.75, 3.05) is 20.6 Å². The predicted molar refractivity (Wildman–Crippen MR) is 107 cm³/mol. The molecule has 0 fully saturated rings. The molecule has 2 aromatic heterocycles. The Bertz CT molecular complexity index is 1060. The van der Waals surface area contributed by atoms with Crippen molar-refractivity contribution in [2.24, 2.45) is 0 Å². The molecular formula is C22H23N3O2. The minimum atomic E-state index is -0.635. The van der Waals surface area contributed by atoms with Crippen LogP contribution in [0.2, 0.25) is 0 Å². The summed E-state index contributed by atoms with van der Waals surface area (Å²) in [6.45, 7) is 2.43. The zero-order chi connectivity index (χ0) is 19.0. The second kappa shape index (κ2) is 7.02. The first-order chi connectivity index (χ1) is 13.1. The highest BCUT2D eigenvalue weighted by atomic mass is 16.5. The Kier molecular flexibility index (Phi) is 4.56. The predicted octanol–water partition coefficient (Wildman–Crippen LogP) is 4.39. The molecule has 5 heteroatoms. The van der Waals surface area contributed by atoms with Crippen LogP contribution in [-0.4, -0.2) is 40.8 Å². The fourth-order valence-electron chi connectivity index (χ4n) is 3.60. The third-order valence-electron chi connectivity index (χ3n) is 4.78. The Hall–Kier alpha value is -2.89. The Morgan fingerprint density at radius 3 is 2.52 bits per heavy atom. The molecule has 1 atom stereocenters. The quantitative estimate of drug-likeness (QED) is 0.553. The number of para-hydroxylation sites is 1. The Morgan fingerprint density at radius 1 is 1.07 bits per heavy atom. The number of benzene rings is 2. The molecule has 4 aromatic rings. The molecule has 0 bridgehead atoms. The maximum absolute atomic E-state index is 11.0. The van der Waals surface area contributed by atoms with Gasteiger partial charge in [-0.05, 0) is 27.1 Å². The number of hydrogen-bond donors (Lipinski definition) is 2. The van der Waals surface area contributed by atoms with E-state index in [2.05, 4.69) is 10.1 Å². The molecule has 0 saturated carbocycles. The van der Waals surface area contributed by atoms with Crippen LogP contribution in [0.4, 0.5) is 0 Å². The summed E-state index contributed by atoms with van der Waals surface area (Å²) >= 11 is 0. The zero-order valence-electron chi connectivity index (χ0n) is 15.7. The van der Waals surface area contributed by atoms with Crippen molar-refractivity contribution in [3.8, 4) is 22.5 Å². The first-order valence-corrected chi connectivity index (χ1v) is 9.01. The Morgan fingerprint density at radius 2 is 1.78 bits per heavy atom. The number of aliphatic hydroxyl groups excluding tert-OH is 1. The number of aromatic nitrogens is 2. The van der Waals surface area contributed by atoms with Gasteiger partial charge in [-0.3, -0.25) is 0 Å². The van der Waals surface area contributed by atoms with Crippen LogP contribution in [-0.2, 0) is 0 Å². The standard InChI is InChI=1S/C22H23N3O2/c1-14-19(21(24-27-14)15-9-5-4-6-10-15)22-20(18(26)13-25(2)3)16-11-7-8-12-17(16)23-22/h4-12,18,23,26H,13H2,1-3H3. The molecule has 1 unspecified atom stereocenters. The molecule has 27 heavy (non-hydrogen) atoms. The van der Waals surface area contributed by atoms with Crippen LogP contribution in [0.15, 0.2) is 59.1 Å². The molecule has 138 valence electrons. The van der Waals surface area contributed by atoms with Crippen LogP contribution < -0.4 is 0 Å². The molecule has 0 aliphatic carbocycles. The second-order valence-electron chi connectivity index (χ2n) is 7.07. The average molecular weight is 361 g/mol. The van der Waals surface area contributed by atoms with E-state index >= 15 is 0 Å². The molecule has 0 saturated heterocycles. The van der Waals surface area contributed by atoms with Gasteiger partial charge in [-0.1, -0.05) is 53.7 Å². The fourth-order valence-corrected chi connectivity index (χ4v) is 3.60. The monoisotopic (exact) mass is 361 g/mol. The van der Waals surface area contributed by atoms with Gasteiger partial charge in [0.25, 0.3) is 0 Å². The SMILES string of the molecule is Cc1onc(-c2ccccc2)c1-c1[nH]c2ccccc2c1C(O)CN(C)C. The van der Waals surface area contributed by atoms with Gasteiger partial charge >= 0.3 is 0 Å². The van der Waals surface area contributed by atoms with E-state index in [1.165, 1.54) is 0 Å². The first kappa shape index (κ1) is 17.5. The molecule has 0 radical (unpaired) electrons. The lowest BCUT2D eigenvalue weighted by Crippen LogP contribution is -2.20. The van der Waals surface area contributed by atoms with Gasteiger partial charge in [0.2, 0.25) is 0 Å². The lowest BCUT2D eigenvalue weighted by Gasteiger charge is -2.17. The molecule has 4 rings (SSSR count). The summed E-state index contributed by atoms with van der Waals surface area (Å²) in [5.74, 6) is 0.721. The highest BCUT2D eigenvalue weighted by molar-refractivity contribution is 5.94. The van der Waals surface area contributed by atoms with Crippen LogP contribution in [0.5, 0.6) is 0 Å². The van der Waals surface area contributed by atoms with Crippen LogP contribution in [0.3, 0.4) is 0 Å². The molecule has 2 N–H and O–H groups in total. The number of likely N-dealkylation sites (N-methyl/N-ethyl adjacent to an activating group) is 1. The largest absolute Gasteiger partial charge is 0.387 e. The number of aryl methyl sites for hydroxylation is 1. The van der Waals surface area contributed by atoms with Gasteiger partial charge in [0.1, 0.15) is 11.5 Å². The van der Waals surface area contributed by atoms with E-state index in [1.54, 1.807) is 0 Å². The number of fused-ring (bicyclic) bond motifs is 1. The van der Waals surface area contributed by atoms with Gasteiger partial charge < -0.3 is 19.5 Å². The zero-order valence-corrected chi connectivity index (χ0v) is 15.7. The van der Waals surface area contributed by atoms with Crippen molar-refractivity contribution in [1.82, 2.24) is 15.0 Å². The van der Waals surface area contributed by atoms with Gasteiger partial charge in [0, 0.05) is 28.6 Å². The minimum absolute atomic E-state index is 0.528. The highest BCUT2D eigenvalue weighted by Crippen LogP contribution is 2.40. The number of nitrogens with one attached hydrogen (secondary N) is 1. The summed E-state index contributed by atoms with van der Waals surface area (Å²) in [4.78, 5) is 5.47. The van der Waals surface area contributed by atoms with Gasteiger partial charge in [-0.25, -0.2) is 0 Å². The van der Waals surface area contributed by atoms with Crippen molar-refractivity contribution in [3.05, 3.63) is 65.9 Å². The normalized spacial score (nSPS) is 12.8. The van der Waals surface area contributed by atoms with Crippen molar-refractivity contribution in [3.63, 3.8) is 0 Å². The molecule has 0 spiro atoms. The number of H-pyrrole nitrogens is 1. The third-order valence-corrected chi connectivity index (χ3v) is 4.78. The summed E-state index contributed by atoms with van der Waals surface area (Å²) in [5.41, 5.74) is 5.38. The van der Waals surface area contributed by atoms with E-state index in [0.717, 1.165) is 44.7 Å². The number of nitrogens with zero attached hydrogens (tertiary/aromatic N) is 2. The molecule has 5 nitrogen and oxygen atoms in total. The van der Waals surface area contributed by atoms with Gasteiger partial charge in [0.15, 0.2) is 0 Å². The smallest absolute Gasteiger partial charge is 0.143 e. The van der Waals surface area contributed by atoms with E-state index in [9.17, 15) is 5.11 Å². The molecule has 0 aliphatic heterocycles. The number of rotatable bonds is 5. The summed E-state index contributed by atoms with van der Waals surface area (Å²) in [6, 6.07) is 18.0. The molecule has 0 aliphatic rings. The van der Waals surface area contributed by atoms with E-state index in [4.69, 9.17) is 4.52 Å². The first-order valence-electron chi connectivity index (χ1n) is 9.01. The summed E-state index contributed by atoms with van der Waals surface area (Å²) in [7, 11) is 3.91. The lowest BCUT2D eigenvalue weighted by atomic mass is 9.97. The fraction of sp³-hybridized carbons (Fsp3) is 0.227. The van der Waals surface area contributed by atoms with Crippen LogP contribution in [0.1, 0.15) is 17.4 Å². The minimum Gasteiger partial charge on any atom is -0.387 e. The van der Waals surface area contributed by atoms with Crippen molar-refractivity contribution in [1.29, 1.82) is 0 Å². The lowest BCUT2D eigenvalue weighted by molar-refractivity contribution is 0.140. The second-order valence-corrected chi connectivity index (χ2v) is 7.07. The third kappa shape index (κ3) is 3.16. The number of hydrogen-bond acceptors (Lipinski definition) is 4. The van der Waals surface area contributed by atoms with E-state index in [0.29, 0.717) is 6.54 Å². The number of aromatic amines is 1. The van der Waals surface area contributed by atoms with E-state index in [-0.39, 0.29) is 0 Å². The topological polar surface area (TPSA) is 65.3 Å². The maximum Gasteiger partial charge on any atom is 0.143 e. The molecule has 2 aromatic carbocycles. The highest BCUT2D eigenvalue weighted by Gasteiger charge is 2.26. The maximum atomic E-state index is 11.0. The van der Waals surface area contributed by atoms with Crippen molar-refractivity contribution in [2.45, 2.75) is 13.0 Å². The van der Waals surface area contributed by atoms with Crippen molar-refractivity contribution >= 4 is 10.9 Å². The average Bonchev–Trinajstić information content (AvgIpc) is 3.22. The molecular weight excluding hydrogens is 338 g/mol. The summed E-state index contributed by atoms with van der Waals surface area (Å²) in [5, 5.41) is 16.3. The van der Waals surface area contributed by atoms with Gasteiger partial charge in [-0.15, -0.1) is 0 Å². The Labute approximate surface area is 158 Å². The van der Waals surface area contributed by atoms with Gasteiger partial charge in [0.05, 0.1) is 17.4 Å². The number of aliphatic hydroxyl groups is 1. The van der Waals surface area contributed by atoms with Crippen LogP contribution in [0, 0.1) is 6.92 Å². The molecule has 0 amide bonds. The van der Waals surface area contributed by atoms with Crippen molar-refractivity contribution < 1.29 is 9.63 Å². The van der Waals surface area contributed by atoms with Crippen LogP contribution >= 0.6 is 0 Å². The van der Waals surface area contributed by atoms with E-state index in [1.807, 2.05) is 80.5 Å². The van der Waals surface area contributed by atoms with Gasteiger partial charge in [-0.2, -0.15) is 0 Å².